The number of hydrogen-bond acceptors (Lipinski definition) is 4. The maximum Gasteiger partial charge on any atom is 0.412 e. The third-order valence-electron chi connectivity index (χ3n) is 3.76. The summed E-state index contributed by atoms with van der Waals surface area (Å²) in [6, 6.07) is 16.7. The minimum absolute atomic E-state index is 0.488. The molecule has 1 amide bonds. The summed E-state index contributed by atoms with van der Waals surface area (Å²) in [5.74, 6) is 0.501. The van der Waals surface area contributed by atoms with Crippen LogP contribution in [0.25, 0.3) is 11.3 Å². The first-order chi connectivity index (χ1) is 12.1. The molecular weight excluding hydrogens is 340 g/mol. The maximum atomic E-state index is 12.3. The zero-order chi connectivity index (χ0) is 17.8. The van der Waals surface area contributed by atoms with Gasteiger partial charge in [-0.15, -0.1) is 0 Å². The third kappa shape index (κ3) is 3.83. The number of carbonyl (C=O) groups is 1. The molecular formula is C19H17ClN2O3. The number of halogens is 1. The number of aromatic nitrogens is 1. The number of nitrogens with one attached hydrogen (secondary N) is 1. The van der Waals surface area contributed by atoms with Gasteiger partial charge in [0, 0.05) is 16.1 Å². The van der Waals surface area contributed by atoms with E-state index in [1.165, 1.54) is 0 Å². The van der Waals surface area contributed by atoms with Crippen LogP contribution in [0.4, 0.5) is 10.5 Å². The second-order valence-electron chi connectivity index (χ2n) is 5.52. The van der Waals surface area contributed by atoms with Gasteiger partial charge in [-0.05, 0) is 19.9 Å². The fourth-order valence-corrected chi connectivity index (χ4v) is 2.76. The second kappa shape index (κ2) is 7.40. The molecule has 1 aromatic heterocycles. The highest BCUT2D eigenvalue weighted by molar-refractivity contribution is 6.31. The summed E-state index contributed by atoms with van der Waals surface area (Å²) in [6.07, 6.45) is -1.09. The van der Waals surface area contributed by atoms with Gasteiger partial charge in [0.1, 0.15) is 17.5 Å². The standard InChI is InChI=1S/C19H17ClN2O3/c1-12(15-10-6-7-11-16(15)20)24-19(23)21-17-13(2)25-22-18(17)14-8-4-3-5-9-14/h3-12H,1-2H3,(H,21,23)/t12-/m1/s1. The molecule has 1 N–H and O–H groups in total. The van der Waals surface area contributed by atoms with Crippen molar-refractivity contribution in [1.82, 2.24) is 5.16 Å². The maximum absolute atomic E-state index is 12.3. The lowest BCUT2D eigenvalue weighted by molar-refractivity contribution is 0.121. The van der Waals surface area contributed by atoms with Crippen LogP contribution >= 0.6 is 11.6 Å². The van der Waals surface area contributed by atoms with E-state index in [2.05, 4.69) is 10.5 Å². The summed E-state index contributed by atoms with van der Waals surface area (Å²) < 4.78 is 10.7. The van der Waals surface area contributed by atoms with E-state index in [4.69, 9.17) is 20.9 Å². The SMILES string of the molecule is Cc1onc(-c2ccccc2)c1NC(=O)O[C@H](C)c1ccccc1Cl. The highest BCUT2D eigenvalue weighted by Gasteiger charge is 2.20. The topological polar surface area (TPSA) is 64.4 Å². The third-order valence-corrected chi connectivity index (χ3v) is 4.11. The van der Waals surface area contributed by atoms with Crippen molar-refractivity contribution in [3.8, 4) is 11.3 Å². The van der Waals surface area contributed by atoms with Crippen molar-refractivity contribution in [1.29, 1.82) is 0 Å². The summed E-state index contributed by atoms with van der Waals surface area (Å²) in [6.45, 7) is 3.49. The first-order valence-electron chi connectivity index (χ1n) is 7.80. The molecule has 0 saturated carbocycles. The quantitative estimate of drug-likeness (QED) is 0.659. The van der Waals surface area contributed by atoms with Gasteiger partial charge in [-0.25, -0.2) is 4.79 Å². The van der Waals surface area contributed by atoms with Crippen LogP contribution in [0, 0.1) is 6.92 Å². The van der Waals surface area contributed by atoms with Gasteiger partial charge in [0.25, 0.3) is 0 Å². The molecule has 0 aliphatic heterocycles. The number of benzene rings is 2. The molecule has 1 heterocycles. The summed E-state index contributed by atoms with van der Waals surface area (Å²) in [7, 11) is 0. The smallest absolute Gasteiger partial charge is 0.412 e. The predicted molar refractivity (Wildman–Crippen MR) is 96.6 cm³/mol. The first-order valence-corrected chi connectivity index (χ1v) is 8.18. The Morgan fingerprint density at radius 2 is 1.84 bits per heavy atom. The highest BCUT2D eigenvalue weighted by Crippen LogP contribution is 2.31. The van der Waals surface area contributed by atoms with Crippen LogP contribution in [0.3, 0.4) is 0 Å². The van der Waals surface area contributed by atoms with Crippen LogP contribution < -0.4 is 5.32 Å². The molecule has 3 rings (SSSR count). The van der Waals surface area contributed by atoms with Gasteiger partial charge in [-0.2, -0.15) is 0 Å². The minimum atomic E-state index is -0.601. The van der Waals surface area contributed by atoms with E-state index < -0.39 is 12.2 Å². The molecule has 0 aliphatic carbocycles. The van der Waals surface area contributed by atoms with E-state index in [1.807, 2.05) is 48.5 Å². The Morgan fingerprint density at radius 3 is 2.56 bits per heavy atom. The van der Waals surface area contributed by atoms with Gasteiger partial charge in [0.2, 0.25) is 0 Å². The fraction of sp³-hybridized carbons (Fsp3) is 0.158. The van der Waals surface area contributed by atoms with Crippen LogP contribution in [0.1, 0.15) is 24.4 Å². The van der Waals surface area contributed by atoms with Crippen LogP contribution in [-0.4, -0.2) is 11.2 Å². The number of aryl methyl sites for hydroxylation is 1. The molecule has 6 heteroatoms. The van der Waals surface area contributed by atoms with Crippen LogP contribution in [-0.2, 0) is 4.74 Å². The van der Waals surface area contributed by atoms with Crippen molar-refractivity contribution in [2.45, 2.75) is 20.0 Å². The fourth-order valence-electron chi connectivity index (χ4n) is 2.47. The minimum Gasteiger partial charge on any atom is -0.441 e. The number of anilines is 1. The number of hydrogen-bond donors (Lipinski definition) is 1. The molecule has 0 aliphatic rings. The number of carbonyl (C=O) groups excluding carboxylic acids is 1. The van der Waals surface area contributed by atoms with E-state index in [9.17, 15) is 4.79 Å². The zero-order valence-corrected chi connectivity index (χ0v) is 14.6. The number of amides is 1. The van der Waals surface area contributed by atoms with Gasteiger partial charge >= 0.3 is 6.09 Å². The molecule has 2 aromatic carbocycles. The Labute approximate surface area is 150 Å². The molecule has 0 unspecified atom stereocenters. The summed E-state index contributed by atoms with van der Waals surface area (Å²) >= 11 is 6.14. The monoisotopic (exact) mass is 356 g/mol. The van der Waals surface area contributed by atoms with E-state index in [1.54, 1.807) is 19.9 Å². The molecule has 0 bridgehead atoms. The van der Waals surface area contributed by atoms with Crippen molar-refractivity contribution in [3.05, 3.63) is 70.9 Å². The molecule has 0 radical (unpaired) electrons. The van der Waals surface area contributed by atoms with E-state index in [0.29, 0.717) is 22.2 Å². The summed E-state index contributed by atoms with van der Waals surface area (Å²) in [4.78, 5) is 12.3. The van der Waals surface area contributed by atoms with E-state index in [-0.39, 0.29) is 0 Å². The molecule has 0 spiro atoms. The molecule has 25 heavy (non-hydrogen) atoms. The van der Waals surface area contributed by atoms with Gasteiger partial charge in [0.15, 0.2) is 5.76 Å². The largest absolute Gasteiger partial charge is 0.441 e. The van der Waals surface area contributed by atoms with Crippen molar-refractivity contribution in [2.75, 3.05) is 5.32 Å². The Morgan fingerprint density at radius 1 is 1.16 bits per heavy atom. The van der Waals surface area contributed by atoms with E-state index in [0.717, 1.165) is 11.1 Å². The van der Waals surface area contributed by atoms with Gasteiger partial charge in [-0.3, -0.25) is 5.32 Å². The Balaban J connectivity index is 1.76. The Kier molecular flexibility index (Phi) is 5.05. The van der Waals surface area contributed by atoms with Crippen molar-refractivity contribution < 1.29 is 14.1 Å². The van der Waals surface area contributed by atoms with Gasteiger partial charge in [-0.1, -0.05) is 65.3 Å². The van der Waals surface area contributed by atoms with E-state index >= 15 is 0 Å². The number of nitrogens with zero attached hydrogens (tertiary/aromatic N) is 1. The van der Waals surface area contributed by atoms with Crippen LogP contribution in [0.2, 0.25) is 5.02 Å². The average Bonchev–Trinajstić information content (AvgIpc) is 2.96. The first kappa shape index (κ1) is 17.0. The molecule has 128 valence electrons. The highest BCUT2D eigenvalue weighted by atomic mass is 35.5. The molecule has 0 saturated heterocycles. The predicted octanol–water partition coefficient (Wildman–Crippen LogP) is 5.61. The lowest BCUT2D eigenvalue weighted by Gasteiger charge is -2.15. The van der Waals surface area contributed by atoms with Crippen LogP contribution in [0.15, 0.2) is 59.1 Å². The van der Waals surface area contributed by atoms with Gasteiger partial charge < -0.3 is 9.26 Å². The molecule has 0 fully saturated rings. The van der Waals surface area contributed by atoms with Gasteiger partial charge in [0.05, 0.1) is 0 Å². The molecule has 5 nitrogen and oxygen atoms in total. The van der Waals surface area contributed by atoms with Crippen molar-refractivity contribution in [2.24, 2.45) is 0 Å². The average molecular weight is 357 g/mol. The van der Waals surface area contributed by atoms with Crippen LogP contribution in [0.5, 0.6) is 0 Å². The molecule has 3 aromatic rings. The summed E-state index contributed by atoms with van der Waals surface area (Å²) in [5.41, 5.74) is 2.63. The number of ether oxygens (including phenoxy) is 1. The summed E-state index contributed by atoms with van der Waals surface area (Å²) in [5, 5.41) is 7.29. The lowest BCUT2D eigenvalue weighted by Crippen LogP contribution is -2.16. The van der Waals surface area contributed by atoms with Crippen molar-refractivity contribution in [3.63, 3.8) is 0 Å². The Hall–Kier alpha value is -2.79. The molecule has 1 atom stereocenters. The number of rotatable bonds is 4. The zero-order valence-electron chi connectivity index (χ0n) is 13.8. The van der Waals surface area contributed by atoms with Crippen molar-refractivity contribution >= 4 is 23.4 Å². The second-order valence-corrected chi connectivity index (χ2v) is 5.93. The lowest BCUT2D eigenvalue weighted by atomic mass is 10.1. The Bertz CT molecular complexity index is 877. The normalized spacial score (nSPS) is 11.8.